The van der Waals surface area contributed by atoms with Crippen LogP contribution in [0.15, 0.2) is 30.3 Å². The van der Waals surface area contributed by atoms with Crippen molar-refractivity contribution in [3.8, 4) is 5.75 Å². The van der Waals surface area contributed by atoms with E-state index in [-0.39, 0.29) is 5.91 Å². The van der Waals surface area contributed by atoms with Gasteiger partial charge in [0.05, 0.1) is 13.5 Å². The topological polar surface area (TPSA) is 54.1 Å². The molecule has 0 spiro atoms. The average molecular weight is 286 g/mol. The number of benzene rings is 1. The van der Waals surface area contributed by atoms with Gasteiger partial charge < -0.3 is 15.0 Å². The van der Waals surface area contributed by atoms with Gasteiger partial charge in [-0.15, -0.1) is 0 Å². The number of hydrogen-bond donors (Lipinski definition) is 2. The maximum atomic E-state index is 11.9. The van der Waals surface area contributed by atoms with Crippen molar-refractivity contribution in [3.63, 3.8) is 0 Å². The second-order valence-corrected chi connectivity index (χ2v) is 5.23. The highest BCUT2D eigenvalue weighted by molar-refractivity contribution is 5.78. The Morgan fingerprint density at radius 2 is 2.10 bits per heavy atom. The van der Waals surface area contributed by atoms with Crippen molar-refractivity contribution in [3.05, 3.63) is 52.8 Å². The maximum Gasteiger partial charge on any atom is 0.224 e. The minimum Gasteiger partial charge on any atom is -0.497 e. The summed E-state index contributed by atoms with van der Waals surface area (Å²) in [5.41, 5.74) is 4.55. The van der Waals surface area contributed by atoms with Gasteiger partial charge in [0, 0.05) is 17.9 Å². The number of nitrogens with one attached hydrogen (secondary N) is 2. The summed E-state index contributed by atoms with van der Waals surface area (Å²) in [6.07, 6.45) is 1.22. The molecule has 4 heteroatoms. The second-order valence-electron chi connectivity index (χ2n) is 5.23. The van der Waals surface area contributed by atoms with Gasteiger partial charge in [-0.05, 0) is 49.6 Å². The summed E-state index contributed by atoms with van der Waals surface area (Å²) in [6, 6.07) is 9.72. The van der Waals surface area contributed by atoms with Crippen LogP contribution in [0.25, 0.3) is 0 Å². The zero-order chi connectivity index (χ0) is 15.2. The molecule has 0 unspecified atom stereocenters. The van der Waals surface area contributed by atoms with Gasteiger partial charge in [-0.3, -0.25) is 4.79 Å². The Balaban J connectivity index is 1.80. The third kappa shape index (κ3) is 4.38. The fourth-order valence-electron chi connectivity index (χ4n) is 2.41. The lowest BCUT2D eigenvalue weighted by molar-refractivity contribution is -0.120. The van der Waals surface area contributed by atoms with E-state index in [0.717, 1.165) is 23.4 Å². The number of hydrogen-bond acceptors (Lipinski definition) is 2. The zero-order valence-corrected chi connectivity index (χ0v) is 12.8. The van der Waals surface area contributed by atoms with Crippen molar-refractivity contribution in [1.82, 2.24) is 10.3 Å². The predicted octanol–water partition coefficient (Wildman–Crippen LogP) is 2.54. The van der Waals surface area contributed by atoms with Gasteiger partial charge in [-0.25, -0.2) is 0 Å². The quantitative estimate of drug-likeness (QED) is 0.857. The normalized spacial score (nSPS) is 10.4. The molecule has 0 saturated heterocycles. The van der Waals surface area contributed by atoms with Gasteiger partial charge in [-0.1, -0.05) is 12.1 Å². The highest BCUT2D eigenvalue weighted by atomic mass is 16.5. The number of amides is 1. The van der Waals surface area contributed by atoms with Crippen LogP contribution in [0.2, 0.25) is 0 Å². The highest BCUT2D eigenvalue weighted by Gasteiger charge is 2.06. The molecule has 21 heavy (non-hydrogen) atoms. The molecule has 2 N–H and O–H groups in total. The van der Waals surface area contributed by atoms with Crippen LogP contribution in [0.5, 0.6) is 5.75 Å². The standard InChI is InChI=1S/C17H22N2O2/c1-12-9-15(13(2)19-12)7-8-18-17(20)11-14-5-4-6-16(10-14)21-3/h4-6,9-10,19H,7-8,11H2,1-3H3,(H,18,20). The Hall–Kier alpha value is -2.23. The Morgan fingerprint density at radius 3 is 2.76 bits per heavy atom. The molecular weight excluding hydrogens is 264 g/mol. The van der Waals surface area contributed by atoms with Crippen molar-refractivity contribution in [2.45, 2.75) is 26.7 Å². The van der Waals surface area contributed by atoms with Crippen LogP contribution in [0.3, 0.4) is 0 Å². The molecule has 1 heterocycles. The SMILES string of the molecule is COc1cccc(CC(=O)NCCc2cc(C)[nH]c2C)c1. The van der Waals surface area contributed by atoms with Crippen LogP contribution in [0, 0.1) is 13.8 Å². The summed E-state index contributed by atoms with van der Waals surface area (Å²) >= 11 is 0. The molecule has 2 rings (SSSR count). The largest absolute Gasteiger partial charge is 0.497 e. The van der Waals surface area contributed by atoms with Gasteiger partial charge in [0.15, 0.2) is 0 Å². The van der Waals surface area contributed by atoms with Crippen molar-refractivity contribution >= 4 is 5.91 Å². The zero-order valence-electron chi connectivity index (χ0n) is 12.8. The Labute approximate surface area is 125 Å². The van der Waals surface area contributed by atoms with E-state index in [0.29, 0.717) is 13.0 Å². The number of methoxy groups -OCH3 is 1. The molecule has 0 atom stereocenters. The first-order valence-corrected chi connectivity index (χ1v) is 7.13. The van der Waals surface area contributed by atoms with E-state index in [9.17, 15) is 4.79 Å². The summed E-state index contributed by atoms with van der Waals surface area (Å²) in [5.74, 6) is 0.812. The average Bonchev–Trinajstić information content (AvgIpc) is 2.77. The monoisotopic (exact) mass is 286 g/mol. The summed E-state index contributed by atoms with van der Waals surface area (Å²) in [6.45, 7) is 4.75. The molecule has 0 aliphatic heterocycles. The van der Waals surface area contributed by atoms with Crippen LogP contribution in [-0.2, 0) is 17.6 Å². The maximum absolute atomic E-state index is 11.9. The first-order valence-electron chi connectivity index (χ1n) is 7.13. The van der Waals surface area contributed by atoms with Crippen LogP contribution in [-0.4, -0.2) is 24.5 Å². The molecule has 0 radical (unpaired) electrons. The minimum absolute atomic E-state index is 0.0353. The lowest BCUT2D eigenvalue weighted by Gasteiger charge is -2.06. The van der Waals surface area contributed by atoms with Gasteiger partial charge in [0.2, 0.25) is 5.91 Å². The van der Waals surface area contributed by atoms with Gasteiger partial charge in [0.25, 0.3) is 0 Å². The highest BCUT2D eigenvalue weighted by Crippen LogP contribution is 2.13. The van der Waals surface area contributed by atoms with Crippen molar-refractivity contribution in [2.24, 2.45) is 0 Å². The molecular formula is C17H22N2O2. The van der Waals surface area contributed by atoms with Crippen molar-refractivity contribution in [2.75, 3.05) is 13.7 Å². The molecule has 112 valence electrons. The van der Waals surface area contributed by atoms with Crippen LogP contribution in [0.1, 0.15) is 22.5 Å². The van der Waals surface area contributed by atoms with Crippen LogP contribution in [0.4, 0.5) is 0 Å². The van der Waals surface area contributed by atoms with E-state index in [1.807, 2.05) is 31.2 Å². The number of H-pyrrole nitrogens is 1. The Morgan fingerprint density at radius 1 is 1.29 bits per heavy atom. The molecule has 0 aliphatic carbocycles. The first kappa shape index (κ1) is 15.2. The van der Waals surface area contributed by atoms with E-state index in [4.69, 9.17) is 4.74 Å². The second kappa shape index (κ2) is 6.97. The van der Waals surface area contributed by atoms with Crippen molar-refractivity contribution in [1.29, 1.82) is 0 Å². The molecule has 0 aliphatic rings. The minimum atomic E-state index is 0.0353. The van der Waals surface area contributed by atoms with Gasteiger partial charge in [-0.2, -0.15) is 0 Å². The molecule has 1 amide bonds. The van der Waals surface area contributed by atoms with E-state index < -0.39 is 0 Å². The van der Waals surface area contributed by atoms with E-state index in [2.05, 4.69) is 23.3 Å². The molecule has 0 saturated carbocycles. The summed E-state index contributed by atoms with van der Waals surface area (Å²) in [7, 11) is 1.63. The summed E-state index contributed by atoms with van der Waals surface area (Å²) in [4.78, 5) is 15.2. The number of ether oxygens (including phenoxy) is 1. The van der Waals surface area contributed by atoms with Gasteiger partial charge in [0.1, 0.15) is 5.75 Å². The lowest BCUT2D eigenvalue weighted by atomic mass is 10.1. The number of aryl methyl sites for hydroxylation is 2. The van der Waals surface area contributed by atoms with Crippen LogP contribution < -0.4 is 10.1 Å². The summed E-state index contributed by atoms with van der Waals surface area (Å²) < 4.78 is 5.16. The fraction of sp³-hybridized carbons (Fsp3) is 0.353. The third-order valence-corrected chi connectivity index (χ3v) is 3.47. The molecule has 0 fully saturated rings. The number of aromatic amines is 1. The fourth-order valence-corrected chi connectivity index (χ4v) is 2.41. The van der Waals surface area contributed by atoms with Gasteiger partial charge >= 0.3 is 0 Å². The number of rotatable bonds is 6. The van der Waals surface area contributed by atoms with E-state index in [1.165, 1.54) is 11.3 Å². The first-order chi connectivity index (χ1) is 10.1. The predicted molar refractivity (Wildman–Crippen MR) is 83.7 cm³/mol. The third-order valence-electron chi connectivity index (χ3n) is 3.47. The molecule has 1 aromatic heterocycles. The number of carbonyl (C=O) groups excluding carboxylic acids is 1. The molecule has 0 bridgehead atoms. The van der Waals surface area contributed by atoms with E-state index >= 15 is 0 Å². The van der Waals surface area contributed by atoms with E-state index in [1.54, 1.807) is 7.11 Å². The Bertz CT molecular complexity index is 617. The number of aromatic nitrogens is 1. The lowest BCUT2D eigenvalue weighted by Crippen LogP contribution is -2.27. The Kier molecular flexibility index (Phi) is 5.04. The molecule has 1 aromatic carbocycles. The smallest absolute Gasteiger partial charge is 0.224 e. The van der Waals surface area contributed by atoms with Crippen molar-refractivity contribution < 1.29 is 9.53 Å². The number of carbonyl (C=O) groups is 1. The molecule has 4 nitrogen and oxygen atoms in total. The summed E-state index contributed by atoms with van der Waals surface area (Å²) in [5, 5.41) is 2.96. The molecule has 2 aromatic rings. The van der Waals surface area contributed by atoms with Crippen LogP contribution >= 0.6 is 0 Å².